The molecule has 2 aromatic heterocycles. The van der Waals surface area contributed by atoms with Gasteiger partial charge in [-0.2, -0.15) is 0 Å². The van der Waals surface area contributed by atoms with E-state index < -0.39 is 17.0 Å². The van der Waals surface area contributed by atoms with Gasteiger partial charge in [-0.15, -0.1) is 14.1 Å². The molecule has 47 heavy (non-hydrogen) atoms. The first kappa shape index (κ1) is 35.4. The first-order valence-electron chi connectivity index (χ1n) is 16.5. The molecule has 2 heterocycles. The minimum atomic E-state index is -1.95. The highest BCUT2D eigenvalue weighted by molar-refractivity contribution is 7.85. The fourth-order valence-corrected chi connectivity index (χ4v) is 5.95. The van der Waals surface area contributed by atoms with Gasteiger partial charge < -0.3 is 18.9 Å². The van der Waals surface area contributed by atoms with Gasteiger partial charge in [-0.05, 0) is 93.9 Å². The lowest BCUT2D eigenvalue weighted by Crippen LogP contribution is -2.17. The maximum absolute atomic E-state index is 12.6. The van der Waals surface area contributed by atoms with Crippen molar-refractivity contribution < 1.29 is 23.0 Å². The molecule has 0 saturated heterocycles. The van der Waals surface area contributed by atoms with Crippen LogP contribution in [0.3, 0.4) is 0 Å². The standard InChI is InChI=1S/C23H35NO4S.C14H13N3O/c1-4-7-8-9-10-14-20-27-23(25)22(18-15-19-24(5-2)6-3)29(26)28-21-16-12-11-13-17-21;1-9-7-10(2)14(18)13(8-9)17-15-11-5-3-4-6-12(11)16(15)17/h11-13,15-19H,4-10,14,20H2,1-3H3;3-8,18H,1-2H3/b19-15+,22-18-;. The summed E-state index contributed by atoms with van der Waals surface area (Å²) in [5.41, 5.74) is 5.25. The van der Waals surface area contributed by atoms with E-state index in [4.69, 9.17) is 8.92 Å². The normalized spacial score (nSPS) is 12.5. The lowest BCUT2D eigenvalue weighted by molar-refractivity contribution is -0.138. The summed E-state index contributed by atoms with van der Waals surface area (Å²) in [4.78, 5) is 16.6. The van der Waals surface area contributed by atoms with Crippen LogP contribution in [0.25, 0.3) is 16.7 Å². The molecule has 5 rings (SSSR count). The second-order valence-corrected chi connectivity index (χ2v) is 12.5. The molecule has 0 aliphatic rings. The lowest BCUT2D eigenvalue weighted by atomic mass is 10.1. The van der Waals surface area contributed by atoms with Crippen LogP contribution < -0.4 is 4.18 Å². The number of aromatic hydroxyl groups is 1. The van der Waals surface area contributed by atoms with Gasteiger partial charge in [0.2, 0.25) is 11.1 Å². The molecule has 0 aliphatic carbocycles. The molecule has 9 nitrogen and oxygen atoms in total. The van der Waals surface area contributed by atoms with Crippen LogP contribution in [0, 0.1) is 13.8 Å². The third kappa shape index (κ3) is 9.32. The van der Waals surface area contributed by atoms with Crippen LogP contribution in [-0.4, -0.2) is 53.9 Å². The molecular weight excluding hydrogens is 612 g/mol. The number of aryl methyl sites for hydroxylation is 2. The summed E-state index contributed by atoms with van der Waals surface area (Å²) in [5, 5.41) is 10.2. The summed E-state index contributed by atoms with van der Waals surface area (Å²) in [6, 6.07) is 21.0. The number of carbonyl (C=O) groups is 1. The number of benzene rings is 3. The average molecular weight is 661 g/mol. The van der Waals surface area contributed by atoms with Crippen molar-refractivity contribution in [1.82, 2.24) is 19.0 Å². The molecule has 0 amide bonds. The van der Waals surface area contributed by atoms with Gasteiger partial charge in [0, 0.05) is 13.1 Å². The third-order valence-corrected chi connectivity index (χ3v) is 8.85. The van der Waals surface area contributed by atoms with Crippen LogP contribution in [0.2, 0.25) is 0 Å². The highest BCUT2D eigenvalue weighted by Crippen LogP contribution is 2.32. The molecule has 0 spiro atoms. The Morgan fingerprint density at radius 3 is 2.13 bits per heavy atom. The first-order chi connectivity index (χ1) is 22.8. The summed E-state index contributed by atoms with van der Waals surface area (Å²) >= 11 is -1.95. The minimum absolute atomic E-state index is 0.00300. The number of fused-ring (bicyclic) bond motifs is 4. The number of esters is 1. The van der Waals surface area contributed by atoms with Gasteiger partial charge in [-0.3, -0.25) is 0 Å². The van der Waals surface area contributed by atoms with Crippen LogP contribution in [0.5, 0.6) is 11.5 Å². The van der Waals surface area contributed by atoms with Gasteiger partial charge >= 0.3 is 5.97 Å². The van der Waals surface area contributed by atoms with E-state index in [9.17, 15) is 14.1 Å². The van der Waals surface area contributed by atoms with Gasteiger partial charge in [0.15, 0.2) is 4.91 Å². The maximum atomic E-state index is 12.6. The maximum Gasteiger partial charge on any atom is 0.350 e. The highest BCUT2D eigenvalue weighted by atomic mass is 32.2. The third-order valence-electron chi connectivity index (χ3n) is 7.84. The monoisotopic (exact) mass is 660 g/mol. The molecule has 0 bridgehead atoms. The second-order valence-electron chi connectivity index (χ2n) is 11.4. The first-order valence-corrected chi connectivity index (χ1v) is 17.6. The van der Waals surface area contributed by atoms with Crippen LogP contribution in [0.15, 0.2) is 90.0 Å². The van der Waals surface area contributed by atoms with Crippen LogP contribution in [-0.2, 0) is 20.6 Å². The van der Waals surface area contributed by atoms with Gasteiger partial charge in [-0.25, -0.2) is 9.00 Å². The van der Waals surface area contributed by atoms with E-state index in [1.54, 1.807) is 30.3 Å². The molecule has 0 saturated carbocycles. The Kier molecular flexibility index (Phi) is 13.2. The van der Waals surface area contributed by atoms with E-state index in [1.165, 1.54) is 36.4 Å². The molecular formula is C37H48N4O5S. The van der Waals surface area contributed by atoms with E-state index in [-0.39, 0.29) is 4.91 Å². The van der Waals surface area contributed by atoms with Gasteiger partial charge in [0.05, 0.1) is 6.61 Å². The van der Waals surface area contributed by atoms with Crippen molar-refractivity contribution in [2.45, 2.75) is 73.1 Å². The fraction of sp³-hybridized carbons (Fsp3) is 0.378. The van der Waals surface area contributed by atoms with Crippen LogP contribution >= 0.6 is 0 Å². The summed E-state index contributed by atoms with van der Waals surface area (Å²) in [5.74, 6) is 0.186. The van der Waals surface area contributed by atoms with E-state index >= 15 is 0 Å². The molecule has 3 aromatic carbocycles. The Bertz CT molecular complexity index is 1740. The molecule has 0 aliphatic heterocycles. The molecule has 0 fully saturated rings. The number of allylic oxidation sites excluding steroid dienone is 2. The zero-order chi connectivity index (χ0) is 33.8. The Hall–Kier alpha value is -4.44. The number of para-hydroxylation sites is 3. The lowest BCUT2D eigenvalue weighted by Gasteiger charge is -2.14. The molecule has 252 valence electrons. The van der Waals surface area contributed by atoms with Crippen molar-refractivity contribution >= 4 is 28.1 Å². The molecule has 5 aromatic rings. The number of ether oxygens (including phenoxy) is 1. The number of phenols is 1. The highest BCUT2D eigenvalue weighted by Gasteiger charge is 2.25. The van der Waals surface area contributed by atoms with E-state index in [0.717, 1.165) is 49.2 Å². The van der Waals surface area contributed by atoms with Crippen molar-refractivity contribution in [2.75, 3.05) is 19.7 Å². The Labute approximate surface area is 280 Å². The molecule has 0 radical (unpaired) electrons. The van der Waals surface area contributed by atoms with Gasteiger partial charge in [-0.1, -0.05) is 75.4 Å². The second kappa shape index (κ2) is 17.5. The van der Waals surface area contributed by atoms with Crippen molar-refractivity contribution in [1.29, 1.82) is 0 Å². The number of hydrogen-bond acceptors (Lipinski definition) is 6. The van der Waals surface area contributed by atoms with E-state index in [0.29, 0.717) is 18.1 Å². The summed E-state index contributed by atoms with van der Waals surface area (Å²) in [6.07, 6.45) is 11.7. The minimum Gasteiger partial charge on any atom is -0.505 e. The largest absolute Gasteiger partial charge is 0.505 e. The smallest absolute Gasteiger partial charge is 0.350 e. The SMILES string of the molecule is CCCCCCCCOC(=O)/C(=C/C=C/N(CC)CC)S(=O)Oc1ccccc1.Cc1cc(C)c(O)c(-n2n3c4ccccc4n23)c1. The Balaban J connectivity index is 0.000000234. The van der Waals surface area contributed by atoms with Crippen molar-refractivity contribution in [2.24, 2.45) is 0 Å². The van der Waals surface area contributed by atoms with Crippen molar-refractivity contribution in [3.8, 4) is 17.2 Å². The Morgan fingerprint density at radius 2 is 1.49 bits per heavy atom. The number of unbranched alkanes of at least 4 members (excludes halogenated alkanes) is 5. The number of phenolic OH excluding ortho intramolecular Hbond substituents is 1. The van der Waals surface area contributed by atoms with E-state index in [2.05, 4.69) is 24.0 Å². The topological polar surface area (TPSA) is 89.8 Å². The zero-order valence-corrected chi connectivity index (χ0v) is 29.0. The number of rotatable bonds is 16. The molecule has 1 N–H and O–H groups in total. The van der Waals surface area contributed by atoms with E-state index in [1.807, 2.05) is 78.3 Å². The van der Waals surface area contributed by atoms with Gasteiger partial charge in [0.25, 0.3) is 0 Å². The van der Waals surface area contributed by atoms with Crippen molar-refractivity contribution in [3.63, 3.8) is 0 Å². The van der Waals surface area contributed by atoms with Crippen LogP contribution in [0.4, 0.5) is 0 Å². The number of carbonyl (C=O) groups excluding carboxylic acids is 1. The zero-order valence-electron chi connectivity index (χ0n) is 28.2. The van der Waals surface area contributed by atoms with Crippen LogP contribution in [0.1, 0.15) is 70.4 Å². The fourth-order valence-electron chi connectivity index (χ4n) is 5.19. The average Bonchev–Trinajstić information content (AvgIpc) is 3.74. The molecule has 10 heteroatoms. The number of aromatic nitrogens is 3. The summed E-state index contributed by atoms with van der Waals surface area (Å²) in [6.45, 7) is 12.3. The van der Waals surface area contributed by atoms with Gasteiger partial charge in [0.1, 0.15) is 28.2 Å². The number of hydrogen-bond donors (Lipinski definition) is 1. The predicted octanol–water partition coefficient (Wildman–Crippen LogP) is 8.12. The summed E-state index contributed by atoms with van der Waals surface area (Å²) in [7, 11) is 0. The quantitative estimate of drug-likeness (QED) is 0.0498. The number of nitrogens with zero attached hydrogens (tertiary/aromatic N) is 4. The molecule has 1 unspecified atom stereocenters. The summed E-state index contributed by atoms with van der Waals surface area (Å²) < 4.78 is 27.5. The molecule has 1 atom stereocenters. The predicted molar refractivity (Wildman–Crippen MR) is 190 cm³/mol. The van der Waals surface area contributed by atoms with Crippen molar-refractivity contribution in [3.05, 3.63) is 101 Å². The Morgan fingerprint density at radius 1 is 0.872 bits per heavy atom.